The number of aliphatic imine (C=N–C) groups is 1. The molecule has 58 valence electrons. The van der Waals surface area contributed by atoms with Crippen molar-refractivity contribution in [2.45, 2.75) is 26.9 Å². The van der Waals surface area contributed by atoms with Crippen molar-refractivity contribution in [3.63, 3.8) is 0 Å². The van der Waals surface area contributed by atoms with Gasteiger partial charge in [0.25, 0.3) is 0 Å². The highest BCUT2D eigenvalue weighted by molar-refractivity contribution is 5.74. The van der Waals surface area contributed by atoms with Crippen molar-refractivity contribution in [2.75, 3.05) is 7.05 Å². The molecule has 0 aromatic heterocycles. The van der Waals surface area contributed by atoms with E-state index in [1.165, 1.54) is 0 Å². The quantitative estimate of drug-likeness (QED) is 0.550. The second-order valence-electron chi connectivity index (χ2n) is 2.94. The minimum Gasteiger partial charge on any atom is -0.389 e. The third kappa shape index (κ3) is 1.29. The van der Waals surface area contributed by atoms with Crippen molar-refractivity contribution in [1.82, 2.24) is 5.06 Å². The van der Waals surface area contributed by atoms with Crippen LogP contribution in [0.15, 0.2) is 4.99 Å². The Hall–Kier alpha value is -0.570. The Morgan fingerprint density at radius 1 is 1.60 bits per heavy atom. The lowest BCUT2D eigenvalue weighted by atomic mass is 10.2. The van der Waals surface area contributed by atoms with Crippen LogP contribution in [-0.2, 0) is 4.84 Å². The van der Waals surface area contributed by atoms with Crippen molar-refractivity contribution in [1.29, 1.82) is 0 Å². The molecule has 1 heterocycles. The van der Waals surface area contributed by atoms with Gasteiger partial charge in [-0.05, 0) is 5.92 Å². The monoisotopic (exact) mass is 142 g/mol. The molecular weight excluding hydrogens is 128 g/mol. The molecule has 10 heavy (non-hydrogen) atoms. The van der Waals surface area contributed by atoms with Crippen molar-refractivity contribution in [2.24, 2.45) is 10.9 Å². The lowest BCUT2D eigenvalue weighted by Gasteiger charge is -2.18. The Morgan fingerprint density at radius 3 is 2.40 bits per heavy atom. The molecule has 0 saturated carbocycles. The molecule has 1 atom stereocenters. The third-order valence-electron chi connectivity index (χ3n) is 1.56. The molecule has 0 N–H and O–H groups in total. The van der Waals surface area contributed by atoms with Crippen LogP contribution >= 0.6 is 0 Å². The lowest BCUT2D eigenvalue weighted by Crippen LogP contribution is -2.29. The van der Waals surface area contributed by atoms with Gasteiger partial charge in [-0.2, -0.15) is 0 Å². The van der Waals surface area contributed by atoms with Gasteiger partial charge in [0.15, 0.2) is 0 Å². The van der Waals surface area contributed by atoms with Gasteiger partial charge in [-0.1, -0.05) is 13.8 Å². The summed E-state index contributed by atoms with van der Waals surface area (Å²) in [6.45, 7) is 6.14. The average Bonchev–Trinajstić information content (AvgIpc) is 2.10. The van der Waals surface area contributed by atoms with Crippen molar-refractivity contribution < 1.29 is 4.84 Å². The van der Waals surface area contributed by atoms with E-state index in [4.69, 9.17) is 4.84 Å². The minimum atomic E-state index is 0.208. The Bertz CT molecular complexity index is 154. The van der Waals surface area contributed by atoms with Crippen LogP contribution < -0.4 is 0 Å². The van der Waals surface area contributed by atoms with E-state index < -0.39 is 0 Å². The first kappa shape index (κ1) is 7.54. The van der Waals surface area contributed by atoms with Gasteiger partial charge in [0.05, 0.1) is 0 Å². The van der Waals surface area contributed by atoms with Crippen LogP contribution in [-0.4, -0.2) is 24.2 Å². The van der Waals surface area contributed by atoms with Crippen LogP contribution in [0, 0.1) is 5.92 Å². The van der Waals surface area contributed by atoms with Crippen molar-refractivity contribution in [3.8, 4) is 0 Å². The van der Waals surface area contributed by atoms with Crippen LogP contribution in [0.3, 0.4) is 0 Å². The normalized spacial score (nSPS) is 26.9. The molecule has 1 unspecified atom stereocenters. The maximum atomic E-state index is 5.22. The van der Waals surface area contributed by atoms with E-state index >= 15 is 0 Å². The second-order valence-corrected chi connectivity index (χ2v) is 2.94. The second kappa shape index (κ2) is 2.58. The van der Waals surface area contributed by atoms with E-state index in [1.54, 1.807) is 5.06 Å². The van der Waals surface area contributed by atoms with Gasteiger partial charge in [-0.25, -0.2) is 4.99 Å². The molecule has 0 amide bonds. The van der Waals surface area contributed by atoms with E-state index in [0.29, 0.717) is 5.92 Å². The SMILES string of the molecule is CC1=NC(C(C)C)N(C)O1. The summed E-state index contributed by atoms with van der Waals surface area (Å²) >= 11 is 0. The fourth-order valence-electron chi connectivity index (χ4n) is 1.12. The minimum absolute atomic E-state index is 0.208. The van der Waals surface area contributed by atoms with E-state index in [9.17, 15) is 0 Å². The smallest absolute Gasteiger partial charge is 0.208 e. The number of hydrogen-bond acceptors (Lipinski definition) is 3. The van der Waals surface area contributed by atoms with Crippen molar-refractivity contribution in [3.05, 3.63) is 0 Å². The summed E-state index contributed by atoms with van der Waals surface area (Å²) in [5, 5.41) is 1.79. The summed E-state index contributed by atoms with van der Waals surface area (Å²) in [6.07, 6.45) is 0.208. The Balaban J connectivity index is 2.60. The fourth-order valence-corrected chi connectivity index (χ4v) is 1.12. The predicted octanol–water partition coefficient (Wildman–Crippen LogP) is 1.26. The molecule has 1 aliphatic rings. The molecule has 1 rings (SSSR count). The Labute approximate surface area is 61.6 Å². The van der Waals surface area contributed by atoms with Crippen LogP contribution in [0.25, 0.3) is 0 Å². The topological polar surface area (TPSA) is 24.8 Å². The zero-order valence-corrected chi connectivity index (χ0v) is 6.96. The van der Waals surface area contributed by atoms with Gasteiger partial charge in [0.1, 0.15) is 6.17 Å². The standard InChI is InChI=1S/C7H14N2O/c1-5(2)7-8-6(3)10-9(7)4/h5,7H,1-4H3. The number of nitrogens with zero attached hydrogens (tertiary/aromatic N) is 2. The van der Waals surface area contributed by atoms with Crippen LogP contribution in [0.4, 0.5) is 0 Å². The zero-order chi connectivity index (χ0) is 7.72. The molecule has 1 aliphatic heterocycles. The van der Waals surface area contributed by atoms with E-state index in [0.717, 1.165) is 5.90 Å². The maximum absolute atomic E-state index is 5.22. The molecule has 3 nitrogen and oxygen atoms in total. The molecule has 0 bridgehead atoms. The summed E-state index contributed by atoms with van der Waals surface area (Å²) in [5.74, 6) is 1.28. The van der Waals surface area contributed by atoms with Gasteiger partial charge in [0.2, 0.25) is 5.90 Å². The Morgan fingerprint density at radius 2 is 2.20 bits per heavy atom. The highest BCUT2D eigenvalue weighted by Crippen LogP contribution is 2.16. The van der Waals surface area contributed by atoms with E-state index in [-0.39, 0.29) is 6.17 Å². The van der Waals surface area contributed by atoms with Gasteiger partial charge in [0, 0.05) is 14.0 Å². The predicted molar refractivity (Wildman–Crippen MR) is 40.6 cm³/mol. The average molecular weight is 142 g/mol. The lowest BCUT2D eigenvalue weighted by molar-refractivity contribution is -0.0695. The summed E-state index contributed by atoms with van der Waals surface area (Å²) in [5.41, 5.74) is 0. The first-order valence-corrected chi connectivity index (χ1v) is 3.56. The first-order chi connectivity index (χ1) is 4.61. The maximum Gasteiger partial charge on any atom is 0.208 e. The molecule has 0 spiro atoms. The number of rotatable bonds is 1. The first-order valence-electron chi connectivity index (χ1n) is 3.56. The highest BCUT2D eigenvalue weighted by atomic mass is 16.7. The molecule has 0 fully saturated rings. The fraction of sp³-hybridized carbons (Fsp3) is 0.857. The number of hydroxylamine groups is 2. The summed E-state index contributed by atoms with van der Waals surface area (Å²) < 4.78 is 0. The molecule has 0 aliphatic carbocycles. The largest absolute Gasteiger partial charge is 0.389 e. The number of hydrogen-bond donors (Lipinski definition) is 0. The van der Waals surface area contributed by atoms with Gasteiger partial charge in [-0.3, -0.25) is 0 Å². The van der Waals surface area contributed by atoms with E-state index in [1.807, 2.05) is 14.0 Å². The Kier molecular flexibility index (Phi) is 1.94. The van der Waals surface area contributed by atoms with Gasteiger partial charge < -0.3 is 4.84 Å². The third-order valence-corrected chi connectivity index (χ3v) is 1.56. The molecule has 0 radical (unpaired) electrons. The summed E-state index contributed by atoms with van der Waals surface area (Å²) in [4.78, 5) is 9.51. The van der Waals surface area contributed by atoms with Crippen LogP contribution in [0.5, 0.6) is 0 Å². The van der Waals surface area contributed by atoms with Crippen LogP contribution in [0.1, 0.15) is 20.8 Å². The summed E-state index contributed by atoms with van der Waals surface area (Å²) in [6, 6.07) is 0. The summed E-state index contributed by atoms with van der Waals surface area (Å²) in [7, 11) is 1.91. The molecule has 0 aromatic rings. The highest BCUT2D eigenvalue weighted by Gasteiger charge is 2.25. The molecule has 0 aromatic carbocycles. The molecule has 0 saturated heterocycles. The zero-order valence-electron chi connectivity index (χ0n) is 6.96. The van der Waals surface area contributed by atoms with Gasteiger partial charge in [-0.15, -0.1) is 5.06 Å². The molecule has 3 heteroatoms. The van der Waals surface area contributed by atoms with Gasteiger partial charge >= 0.3 is 0 Å². The van der Waals surface area contributed by atoms with Crippen LogP contribution in [0.2, 0.25) is 0 Å². The van der Waals surface area contributed by atoms with E-state index in [2.05, 4.69) is 18.8 Å². The van der Waals surface area contributed by atoms with Crippen molar-refractivity contribution >= 4 is 5.90 Å². The molecular formula is C7H14N2O.